The molecule has 3 rings (SSSR count). The number of nitrogens with one attached hydrogen (secondary N) is 1. The summed E-state index contributed by atoms with van der Waals surface area (Å²) in [5, 5.41) is 3.05. The molecule has 0 bridgehead atoms. The minimum absolute atomic E-state index is 0.376. The van der Waals surface area contributed by atoms with Crippen LogP contribution in [0.3, 0.4) is 0 Å². The Morgan fingerprint density at radius 3 is 1.87 bits per heavy atom. The smallest absolute Gasteiger partial charge is 0.244 e. The quantitative estimate of drug-likeness (QED) is 0.625. The molecule has 0 aliphatic heterocycles. The lowest BCUT2D eigenvalue weighted by atomic mass is 9.97. The predicted octanol–water partition coefficient (Wildman–Crippen LogP) is 4.06. The molecule has 0 spiro atoms. The van der Waals surface area contributed by atoms with E-state index in [1.54, 1.807) is 37.3 Å². The van der Waals surface area contributed by atoms with E-state index in [1.807, 2.05) is 61.5 Å². The fourth-order valence-electron chi connectivity index (χ4n) is 3.41. The zero-order valence-corrected chi connectivity index (χ0v) is 18.1. The second-order valence-electron chi connectivity index (χ2n) is 7.33. The van der Waals surface area contributed by atoms with Gasteiger partial charge in [-0.15, -0.1) is 0 Å². The zero-order chi connectivity index (χ0) is 21.7. The summed E-state index contributed by atoms with van der Waals surface area (Å²) < 4.78 is 26.1. The molecule has 0 aliphatic rings. The van der Waals surface area contributed by atoms with E-state index >= 15 is 0 Å². The molecule has 0 fully saturated rings. The first-order valence-corrected chi connectivity index (χ1v) is 11.6. The summed E-state index contributed by atoms with van der Waals surface area (Å²) >= 11 is 0. The highest BCUT2D eigenvalue weighted by atomic mass is 32.2. The number of rotatable bonds is 7. The highest BCUT2D eigenvalue weighted by Crippen LogP contribution is 2.25. The monoisotopic (exact) mass is 422 g/mol. The van der Waals surface area contributed by atoms with Gasteiger partial charge in [-0.2, -0.15) is 0 Å². The number of nitrogens with zero attached hydrogens (tertiary/aromatic N) is 1. The molecule has 30 heavy (non-hydrogen) atoms. The number of benzene rings is 3. The summed E-state index contributed by atoms with van der Waals surface area (Å²) in [7, 11) is -3.66. The normalized spacial score (nSPS) is 13.3. The highest BCUT2D eigenvalue weighted by Gasteiger charge is 2.30. The number of sulfonamides is 1. The van der Waals surface area contributed by atoms with Crippen LogP contribution in [0.4, 0.5) is 5.69 Å². The molecule has 0 unspecified atom stereocenters. The van der Waals surface area contributed by atoms with Gasteiger partial charge in [-0.3, -0.25) is 9.10 Å². The summed E-state index contributed by atoms with van der Waals surface area (Å²) in [5.41, 5.74) is 3.43. The van der Waals surface area contributed by atoms with Crippen molar-refractivity contribution >= 4 is 21.6 Å². The maximum atomic E-state index is 13.2. The lowest BCUT2D eigenvalue weighted by Crippen LogP contribution is -2.48. The third-order valence-electron chi connectivity index (χ3n) is 4.93. The fraction of sp³-hybridized carbons (Fsp3) is 0.208. The van der Waals surface area contributed by atoms with Crippen molar-refractivity contribution < 1.29 is 13.2 Å². The SMILES string of the molecule is Cc1ccc([C@H](NC(=O)[C@@H](C)N(c2ccccc2)S(C)(=O)=O)c2ccccc2)cc1. The number of hydrogen-bond donors (Lipinski definition) is 1. The summed E-state index contributed by atoms with van der Waals surface area (Å²) in [5.74, 6) is -0.376. The molecule has 0 aliphatic carbocycles. The van der Waals surface area contributed by atoms with E-state index < -0.39 is 16.1 Å². The second-order valence-corrected chi connectivity index (χ2v) is 9.19. The maximum Gasteiger partial charge on any atom is 0.244 e. The molecule has 0 saturated heterocycles. The van der Waals surface area contributed by atoms with E-state index in [1.165, 1.54) is 0 Å². The summed E-state index contributed by atoms with van der Waals surface area (Å²) in [4.78, 5) is 13.2. The Labute approximate surface area is 178 Å². The van der Waals surface area contributed by atoms with Crippen molar-refractivity contribution in [3.63, 3.8) is 0 Å². The molecule has 1 N–H and O–H groups in total. The topological polar surface area (TPSA) is 66.5 Å². The van der Waals surface area contributed by atoms with Gasteiger partial charge in [0.1, 0.15) is 6.04 Å². The molecule has 3 aromatic carbocycles. The molecular weight excluding hydrogens is 396 g/mol. The molecule has 0 aromatic heterocycles. The standard InChI is InChI=1S/C24H26N2O3S/c1-18-14-16-21(17-15-18)23(20-10-6-4-7-11-20)25-24(27)19(2)26(30(3,28)29)22-12-8-5-9-13-22/h4-17,19,23H,1-3H3,(H,25,27)/t19-,23-/m1/s1. The summed E-state index contributed by atoms with van der Waals surface area (Å²) in [6.45, 7) is 3.60. The van der Waals surface area contributed by atoms with E-state index in [0.29, 0.717) is 5.69 Å². The van der Waals surface area contributed by atoms with Gasteiger partial charge in [-0.1, -0.05) is 78.4 Å². The third-order valence-corrected chi connectivity index (χ3v) is 6.17. The van der Waals surface area contributed by atoms with Gasteiger partial charge in [0.15, 0.2) is 0 Å². The van der Waals surface area contributed by atoms with Crippen LogP contribution >= 0.6 is 0 Å². The van der Waals surface area contributed by atoms with E-state index in [2.05, 4.69) is 5.32 Å². The van der Waals surface area contributed by atoms with Crippen molar-refractivity contribution in [2.45, 2.75) is 25.9 Å². The Morgan fingerprint density at radius 2 is 1.33 bits per heavy atom. The number of anilines is 1. The Morgan fingerprint density at radius 1 is 0.833 bits per heavy atom. The Kier molecular flexibility index (Phi) is 6.57. The first-order valence-electron chi connectivity index (χ1n) is 9.73. The van der Waals surface area contributed by atoms with Gasteiger partial charge in [0.2, 0.25) is 15.9 Å². The number of aryl methyl sites for hydroxylation is 1. The van der Waals surface area contributed by atoms with E-state index in [0.717, 1.165) is 27.3 Å². The predicted molar refractivity (Wildman–Crippen MR) is 121 cm³/mol. The van der Waals surface area contributed by atoms with Gasteiger partial charge in [-0.05, 0) is 37.1 Å². The van der Waals surface area contributed by atoms with Gasteiger partial charge in [0.25, 0.3) is 0 Å². The van der Waals surface area contributed by atoms with Crippen molar-refractivity contribution in [1.29, 1.82) is 0 Å². The third kappa shape index (κ3) is 5.07. The zero-order valence-electron chi connectivity index (χ0n) is 17.3. The summed E-state index contributed by atoms with van der Waals surface area (Å²) in [6.07, 6.45) is 1.11. The van der Waals surface area contributed by atoms with Crippen molar-refractivity contribution in [3.05, 3.63) is 102 Å². The Hall–Kier alpha value is -3.12. The average molecular weight is 423 g/mol. The lowest BCUT2D eigenvalue weighted by Gasteiger charge is -2.30. The maximum absolute atomic E-state index is 13.2. The van der Waals surface area contributed by atoms with Crippen LogP contribution in [-0.4, -0.2) is 26.6 Å². The van der Waals surface area contributed by atoms with E-state index in [4.69, 9.17) is 0 Å². The second kappa shape index (κ2) is 9.13. The molecule has 0 heterocycles. The van der Waals surface area contributed by atoms with Gasteiger partial charge < -0.3 is 5.32 Å². The molecule has 3 aromatic rings. The van der Waals surface area contributed by atoms with Crippen molar-refractivity contribution in [2.75, 3.05) is 10.6 Å². The van der Waals surface area contributed by atoms with Gasteiger partial charge in [0, 0.05) is 0 Å². The van der Waals surface area contributed by atoms with Crippen LogP contribution in [0.1, 0.15) is 29.7 Å². The molecule has 6 heteroatoms. The van der Waals surface area contributed by atoms with Gasteiger partial charge in [-0.25, -0.2) is 8.42 Å². The number of carbonyl (C=O) groups is 1. The molecule has 156 valence electrons. The fourth-order valence-corrected chi connectivity index (χ4v) is 4.58. The molecule has 5 nitrogen and oxygen atoms in total. The lowest BCUT2D eigenvalue weighted by molar-refractivity contribution is -0.122. The number of carbonyl (C=O) groups excluding carboxylic acids is 1. The first kappa shape index (κ1) is 21.6. The first-order chi connectivity index (χ1) is 14.3. The minimum Gasteiger partial charge on any atom is -0.343 e. The molecular formula is C24H26N2O3S. The van der Waals surface area contributed by atoms with Gasteiger partial charge >= 0.3 is 0 Å². The van der Waals surface area contributed by atoms with E-state index in [-0.39, 0.29) is 11.9 Å². The van der Waals surface area contributed by atoms with Crippen LogP contribution in [0, 0.1) is 6.92 Å². The minimum atomic E-state index is -3.66. The highest BCUT2D eigenvalue weighted by molar-refractivity contribution is 7.92. The van der Waals surface area contributed by atoms with Crippen LogP contribution in [0.2, 0.25) is 0 Å². The average Bonchev–Trinajstić information content (AvgIpc) is 2.73. The van der Waals surface area contributed by atoms with Crippen LogP contribution < -0.4 is 9.62 Å². The molecule has 2 atom stereocenters. The number of para-hydroxylation sites is 1. The largest absolute Gasteiger partial charge is 0.343 e. The van der Waals surface area contributed by atoms with Crippen LogP contribution in [0.5, 0.6) is 0 Å². The number of hydrogen-bond acceptors (Lipinski definition) is 3. The van der Waals surface area contributed by atoms with Crippen molar-refractivity contribution in [2.24, 2.45) is 0 Å². The van der Waals surface area contributed by atoms with E-state index in [9.17, 15) is 13.2 Å². The summed E-state index contributed by atoms with van der Waals surface area (Å²) in [6, 6.07) is 24.9. The van der Waals surface area contributed by atoms with Crippen molar-refractivity contribution in [1.82, 2.24) is 5.32 Å². The Bertz CT molecular complexity index is 1080. The molecule has 0 radical (unpaired) electrons. The van der Waals surface area contributed by atoms with Crippen LogP contribution in [-0.2, 0) is 14.8 Å². The van der Waals surface area contributed by atoms with Crippen LogP contribution in [0.25, 0.3) is 0 Å². The molecule has 1 amide bonds. The van der Waals surface area contributed by atoms with Crippen LogP contribution in [0.15, 0.2) is 84.9 Å². The number of amides is 1. The van der Waals surface area contributed by atoms with Crippen molar-refractivity contribution in [3.8, 4) is 0 Å². The Balaban J connectivity index is 1.93. The molecule has 0 saturated carbocycles. The van der Waals surface area contributed by atoms with Gasteiger partial charge in [0.05, 0.1) is 18.0 Å².